The maximum absolute atomic E-state index is 13.2. The van der Waals surface area contributed by atoms with Crippen molar-refractivity contribution in [1.82, 2.24) is 25.1 Å². The first-order valence-corrected chi connectivity index (χ1v) is 10.7. The van der Waals surface area contributed by atoms with Crippen molar-refractivity contribution in [2.75, 3.05) is 43.6 Å². The van der Waals surface area contributed by atoms with E-state index >= 15 is 0 Å². The number of hydrogen-bond donors (Lipinski definition) is 3. The first kappa shape index (κ1) is 21.1. The zero-order chi connectivity index (χ0) is 22.8. The number of urea groups is 1. The second kappa shape index (κ2) is 9.00. The summed E-state index contributed by atoms with van der Waals surface area (Å²) in [4.78, 5) is 24.5. The summed E-state index contributed by atoms with van der Waals surface area (Å²) in [7, 11) is 1.61. The van der Waals surface area contributed by atoms with Gasteiger partial charge in [-0.1, -0.05) is 6.07 Å². The highest BCUT2D eigenvalue weighted by Crippen LogP contribution is 2.27. The van der Waals surface area contributed by atoms with Gasteiger partial charge in [-0.3, -0.25) is 14.9 Å². The molecule has 33 heavy (non-hydrogen) atoms. The molecule has 0 spiro atoms. The summed E-state index contributed by atoms with van der Waals surface area (Å²) in [5, 5.41) is 9.81. The number of fused-ring (bicyclic) bond motifs is 1. The van der Waals surface area contributed by atoms with Gasteiger partial charge >= 0.3 is 6.03 Å². The Bertz CT molecular complexity index is 1260. The summed E-state index contributed by atoms with van der Waals surface area (Å²) in [5.74, 6) is 0.216. The molecule has 1 aliphatic rings. The summed E-state index contributed by atoms with van der Waals surface area (Å²) in [6.07, 6.45) is 1.53. The molecule has 0 unspecified atom stereocenters. The van der Waals surface area contributed by atoms with Gasteiger partial charge in [0.1, 0.15) is 11.5 Å². The van der Waals surface area contributed by atoms with Crippen LogP contribution in [-0.4, -0.2) is 64.4 Å². The summed E-state index contributed by atoms with van der Waals surface area (Å²) >= 11 is 0. The molecule has 2 amide bonds. The number of aromatic amines is 2. The molecule has 0 bridgehead atoms. The van der Waals surface area contributed by atoms with E-state index in [1.165, 1.54) is 28.8 Å². The largest absolute Gasteiger partial charge is 0.379 e. The number of benzene rings is 2. The number of carbonyl (C=O) groups excluding carboxylic acids is 1. The quantitative estimate of drug-likeness (QED) is 0.432. The molecule has 1 fully saturated rings. The minimum Gasteiger partial charge on any atom is -0.379 e. The number of aromatic nitrogens is 4. The molecule has 3 N–H and O–H groups in total. The third kappa shape index (κ3) is 4.57. The highest BCUT2D eigenvalue weighted by Gasteiger charge is 2.18. The van der Waals surface area contributed by atoms with Crippen LogP contribution in [0.1, 0.15) is 5.56 Å². The first-order valence-electron chi connectivity index (χ1n) is 10.7. The van der Waals surface area contributed by atoms with Gasteiger partial charge in [-0.2, -0.15) is 5.10 Å². The predicted molar refractivity (Wildman–Crippen MR) is 124 cm³/mol. The van der Waals surface area contributed by atoms with Crippen LogP contribution < -0.4 is 10.2 Å². The van der Waals surface area contributed by atoms with Crippen molar-refractivity contribution >= 4 is 28.4 Å². The number of imidazole rings is 1. The molecule has 0 saturated carbocycles. The van der Waals surface area contributed by atoms with E-state index in [-0.39, 0.29) is 11.8 Å². The standard InChI is InChI=1S/C23H24FN7O2/c1-30(17-5-3-16(24)4-6-17)23(32)28-20-13-25-29-21(20)22-26-18-7-2-15(12-19(18)27-22)14-31-8-10-33-11-9-31/h2-7,12-13H,8-11,14H2,1H3,(H,25,29)(H,26,27)(H,28,32). The molecule has 2 aromatic heterocycles. The smallest absolute Gasteiger partial charge is 0.326 e. The highest BCUT2D eigenvalue weighted by molar-refractivity contribution is 6.03. The molecule has 1 saturated heterocycles. The van der Waals surface area contributed by atoms with Crippen LogP contribution in [0.5, 0.6) is 0 Å². The summed E-state index contributed by atoms with van der Waals surface area (Å²) < 4.78 is 18.6. The van der Waals surface area contributed by atoms with E-state index in [0.29, 0.717) is 22.9 Å². The lowest BCUT2D eigenvalue weighted by Crippen LogP contribution is -2.35. The van der Waals surface area contributed by atoms with Crippen molar-refractivity contribution in [2.24, 2.45) is 0 Å². The van der Waals surface area contributed by atoms with Crippen LogP contribution in [0.4, 0.5) is 20.6 Å². The molecule has 0 radical (unpaired) electrons. The molecule has 4 aromatic rings. The van der Waals surface area contributed by atoms with E-state index in [1.807, 2.05) is 6.07 Å². The topological polar surface area (TPSA) is 102 Å². The summed E-state index contributed by atoms with van der Waals surface area (Å²) in [5.41, 5.74) is 4.55. The van der Waals surface area contributed by atoms with Crippen molar-refractivity contribution in [3.05, 3.63) is 60.0 Å². The van der Waals surface area contributed by atoms with Gasteiger partial charge in [0.05, 0.1) is 36.1 Å². The lowest BCUT2D eigenvalue weighted by Gasteiger charge is -2.26. The predicted octanol–water partition coefficient (Wildman–Crippen LogP) is 3.59. The molecule has 5 rings (SSSR count). The maximum Gasteiger partial charge on any atom is 0.326 e. The zero-order valence-corrected chi connectivity index (χ0v) is 18.1. The molecule has 1 aliphatic heterocycles. The molecule has 9 nitrogen and oxygen atoms in total. The van der Waals surface area contributed by atoms with E-state index in [0.717, 1.165) is 43.9 Å². The maximum atomic E-state index is 13.2. The Kier molecular flexibility index (Phi) is 5.76. The number of anilines is 2. The normalized spacial score (nSPS) is 14.5. The molecule has 10 heteroatoms. The summed E-state index contributed by atoms with van der Waals surface area (Å²) in [6, 6.07) is 11.5. The SMILES string of the molecule is CN(C(=O)Nc1cn[nH]c1-c1nc2ccc(CN3CCOCC3)cc2[nH]1)c1ccc(F)cc1. The van der Waals surface area contributed by atoms with Crippen LogP contribution in [0.15, 0.2) is 48.7 Å². The molecular weight excluding hydrogens is 425 g/mol. The number of hydrogen-bond acceptors (Lipinski definition) is 5. The fourth-order valence-electron chi connectivity index (χ4n) is 3.83. The lowest BCUT2D eigenvalue weighted by atomic mass is 10.2. The fraction of sp³-hybridized carbons (Fsp3) is 0.261. The van der Waals surface area contributed by atoms with Gasteiger partial charge in [-0.05, 0) is 42.0 Å². The Morgan fingerprint density at radius 3 is 2.79 bits per heavy atom. The van der Waals surface area contributed by atoms with Gasteiger partial charge in [0.15, 0.2) is 5.82 Å². The Morgan fingerprint density at radius 1 is 1.21 bits per heavy atom. The van der Waals surface area contributed by atoms with Crippen LogP contribution in [0.3, 0.4) is 0 Å². The Morgan fingerprint density at radius 2 is 2.00 bits per heavy atom. The third-order valence-electron chi connectivity index (χ3n) is 5.69. The molecule has 0 atom stereocenters. The van der Waals surface area contributed by atoms with E-state index in [9.17, 15) is 9.18 Å². The number of nitrogens with one attached hydrogen (secondary N) is 3. The van der Waals surface area contributed by atoms with E-state index in [1.54, 1.807) is 19.2 Å². The number of amides is 2. The van der Waals surface area contributed by atoms with Gasteiger partial charge in [0, 0.05) is 32.4 Å². The van der Waals surface area contributed by atoms with Crippen molar-refractivity contribution in [2.45, 2.75) is 6.54 Å². The van der Waals surface area contributed by atoms with E-state index in [2.05, 4.69) is 42.5 Å². The monoisotopic (exact) mass is 449 g/mol. The average Bonchev–Trinajstić information content (AvgIpc) is 3.46. The number of ether oxygens (including phenoxy) is 1. The highest BCUT2D eigenvalue weighted by atomic mass is 19.1. The minimum atomic E-state index is -0.381. The Balaban J connectivity index is 1.33. The fourth-order valence-corrected chi connectivity index (χ4v) is 3.83. The number of carbonyl (C=O) groups is 1. The van der Waals surface area contributed by atoms with Crippen LogP contribution >= 0.6 is 0 Å². The number of H-pyrrole nitrogens is 2. The van der Waals surface area contributed by atoms with Crippen LogP contribution in [0.2, 0.25) is 0 Å². The minimum absolute atomic E-state index is 0.359. The summed E-state index contributed by atoms with van der Waals surface area (Å²) in [6.45, 7) is 4.24. The van der Waals surface area contributed by atoms with Crippen LogP contribution in [0.25, 0.3) is 22.6 Å². The van der Waals surface area contributed by atoms with E-state index in [4.69, 9.17) is 4.74 Å². The van der Waals surface area contributed by atoms with Crippen LogP contribution in [-0.2, 0) is 11.3 Å². The van der Waals surface area contributed by atoms with E-state index < -0.39 is 0 Å². The average molecular weight is 449 g/mol. The van der Waals surface area contributed by atoms with Gasteiger partial charge < -0.3 is 15.0 Å². The Hall–Kier alpha value is -3.76. The molecular formula is C23H24FN7O2. The number of halogens is 1. The van der Waals surface area contributed by atoms with Gasteiger partial charge in [0.2, 0.25) is 0 Å². The van der Waals surface area contributed by atoms with Gasteiger partial charge in [0.25, 0.3) is 0 Å². The number of morpholine rings is 1. The van der Waals surface area contributed by atoms with Crippen molar-refractivity contribution in [3.8, 4) is 11.5 Å². The molecule has 3 heterocycles. The number of nitrogens with zero attached hydrogens (tertiary/aromatic N) is 4. The van der Waals surface area contributed by atoms with Crippen LogP contribution in [0, 0.1) is 5.82 Å². The lowest BCUT2D eigenvalue weighted by molar-refractivity contribution is 0.0342. The Labute approximate surface area is 189 Å². The van der Waals surface area contributed by atoms with Gasteiger partial charge in [-0.15, -0.1) is 0 Å². The second-order valence-electron chi connectivity index (χ2n) is 7.95. The first-order chi connectivity index (χ1) is 16.1. The molecule has 2 aromatic carbocycles. The van der Waals surface area contributed by atoms with Crippen molar-refractivity contribution < 1.29 is 13.9 Å². The van der Waals surface area contributed by atoms with Gasteiger partial charge in [-0.25, -0.2) is 14.2 Å². The van der Waals surface area contributed by atoms with Crippen molar-refractivity contribution in [3.63, 3.8) is 0 Å². The zero-order valence-electron chi connectivity index (χ0n) is 18.1. The second-order valence-corrected chi connectivity index (χ2v) is 7.95. The molecule has 170 valence electrons. The number of rotatable bonds is 5. The third-order valence-corrected chi connectivity index (χ3v) is 5.69. The molecule has 0 aliphatic carbocycles. The van der Waals surface area contributed by atoms with Crippen molar-refractivity contribution in [1.29, 1.82) is 0 Å².